The van der Waals surface area contributed by atoms with E-state index < -0.39 is 0 Å². The lowest BCUT2D eigenvalue weighted by Gasteiger charge is -2.20. The second-order valence-corrected chi connectivity index (χ2v) is 5.94. The summed E-state index contributed by atoms with van der Waals surface area (Å²) in [4.78, 5) is 16.8. The normalized spacial score (nSPS) is 20.3. The van der Waals surface area contributed by atoms with Crippen LogP contribution in [0.25, 0.3) is 0 Å². The van der Waals surface area contributed by atoms with Crippen molar-refractivity contribution in [3.8, 4) is 0 Å². The van der Waals surface area contributed by atoms with Crippen LogP contribution in [0.3, 0.4) is 0 Å². The predicted octanol–water partition coefficient (Wildman–Crippen LogP) is 4.04. The van der Waals surface area contributed by atoms with Crippen molar-refractivity contribution < 1.29 is 4.79 Å². The first-order valence-corrected chi connectivity index (χ1v) is 7.95. The third-order valence-corrected chi connectivity index (χ3v) is 3.61. The molecule has 0 amide bonds. The number of hydrogen-bond acceptors (Lipinski definition) is 3. The van der Waals surface area contributed by atoms with Gasteiger partial charge in [-0.2, -0.15) is 0 Å². The van der Waals surface area contributed by atoms with Crippen molar-refractivity contribution in [3.05, 3.63) is 71.5 Å². The highest BCUT2D eigenvalue weighted by Crippen LogP contribution is 2.22. The van der Waals surface area contributed by atoms with E-state index in [-0.39, 0.29) is 11.7 Å². The summed E-state index contributed by atoms with van der Waals surface area (Å²) in [6, 6.07) is 0. The highest BCUT2D eigenvalue weighted by atomic mass is 16.1. The predicted molar refractivity (Wildman–Crippen MR) is 97.2 cm³/mol. The fourth-order valence-corrected chi connectivity index (χ4v) is 2.33. The number of rotatable bonds is 5. The lowest BCUT2D eigenvalue weighted by Crippen LogP contribution is -2.31. The van der Waals surface area contributed by atoms with Crippen LogP contribution in [0.5, 0.6) is 0 Å². The Labute approximate surface area is 138 Å². The van der Waals surface area contributed by atoms with E-state index in [4.69, 9.17) is 0 Å². The second-order valence-electron chi connectivity index (χ2n) is 5.94. The first kappa shape index (κ1) is 16.9. The van der Waals surface area contributed by atoms with Gasteiger partial charge in [0.15, 0.2) is 5.78 Å². The van der Waals surface area contributed by atoms with Crippen molar-refractivity contribution in [2.75, 3.05) is 6.54 Å². The fourth-order valence-electron chi connectivity index (χ4n) is 2.33. The minimum absolute atomic E-state index is 0.122. The van der Waals surface area contributed by atoms with E-state index in [9.17, 15) is 4.79 Å². The minimum atomic E-state index is 0.122. The molecule has 2 aliphatic rings. The molecule has 0 saturated heterocycles. The van der Waals surface area contributed by atoms with Gasteiger partial charge in [-0.05, 0) is 32.9 Å². The topological polar surface area (TPSA) is 41.5 Å². The Bertz CT molecular complexity index is 666. The summed E-state index contributed by atoms with van der Waals surface area (Å²) < 4.78 is 0. The molecule has 0 saturated carbocycles. The van der Waals surface area contributed by atoms with Gasteiger partial charge in [0, 0.05) is 24.5 Å². The first-order valence-electron chi connectivity index (χ1n) is 7.95. The number of allylic oxidation sites excluding steroid dienone is 10. The van der Waals surface area contributed by atoms with Gasteiger partial charge < -0.3 is 5.32 Å². The summed E-state index contributed by atoms with van der Waals surface area (Å²) in [6.45, 7) is 6.89. The largest absolute Gasteiger partial charge is 0.373 e. The number of carbonyl (C=O) groups excluding carboxylic acids is 1. The van der Waals surface area contributed by atoms with E-state index in [1.807, 2.05) is 55.5 Å². The SMILES string of the molecule is CC(C)=C/C=C\C=C/CC(=O)C1=CC=C2N=C(C)NCC2C=C1. The molecule has 0 aromatic carbocycles. The lowest BCUT2D eigenvalue weighted by molar-refractivity contribution is -0.114. The van der Waals surface area contributed by atoms with Gasteiger partial charge >= 0.3 is 0 Å². The van der Waals surface area contributed by atoms with Crippen LogP contribution < -0.4 is 5.32 Å². The summed E-state index contributed by atoms with van der Waals surface area (Å²) in [5.41, 5.74) is 3.00. The zero-order valence-electron chi connectivity index (χ0n) is 14.0. The Kier molecular flexibility index (Phi) is 6.10. The summed E-state index contributed by atoms with van der Waals surface area (Å²) in [5.74, 6) is 1.29. The molecule has 3 nitrogen and oxygen atoms in total. The van der Waals surface area contributed by atoms with Crippen molar-refractivity contribution in [2.45, 2.75) is 27.2 Å². The van der Waals surface area contributed by atoms with Crippen molar-refractivity contribution in [2.24, 2.45) is 10.9 Å². The number of nitrogens with zero attached hydrogens (tertiary/aromatic N) is 1. The van der Waals surface area contributed by atoms with E-state index in [0.29, 0.717) is 6.42 Å². The number of nitrogens with one attached hydrogen (secondary N) is 1. The molecule has 1 unspecified atom stereocenters. The molecule has 0 bridgehead atoms. The summed E-state index contributed by atoms with van der Waals surface area (Å²) >= 11 is 0. The van der Waals surface area contributed by atoms with E-state index in [2.05, 4.69) is 30.2 Å². The highest BCUT2D eigenvalue weighted by molar-refractivity contribution is 5.99. The number of Topliss-reactive ketones (excluding diaryl/α,β-unsaturated/α-hetero) is 1. The fraction of sp³-hybridized carbons (Fsp3) is 0.300. The standard InChI is InChI=1S/C20H24N2O/c1-15(2)8-6-4-5-7-9-20(23)17-10-11-18-14-21-16(3)22-19(18)13-12-17/h4-8,10-13,18H,9,14H2,1-3H3,(H,21,22)/b6-4-,7-5-. The molecular weight excluding hydrogens is 284 g/mol. The average molecular weight is 308 g/mol. The van der Waals surface area contributed by atoms with Crippen molar-refractivity contribution in [1.82, 2.24) is 5.32 Å². The van der Waals surface area contributed by atoms with Crippen LogP contribution in [0, 0.1) is 5.92 Å². The number of aliphatic imine (C=N–C) groups is 1. The van der Waals surface area contributed by atoms with Gasteiger partial charge in [0.25, 0.3) is 0 Å². The van der Waals surface area contributed by atoms with Gasteiger partial charge in [-0.25, -0.2) is 4.99 Å². The molecule has 0 radical (unpaired) electrons. The third kappa shape index (κ3) is 5.37. The van der Waals surface area contributed by atoms with Gasteiger partial charge in [0.05, 0.1) is 11.5 Å². The van der Waals surface area contributed by atoms with Crippen molar-refractivity contribution in [3.63, 3.8) is 0 Å². The Hall–Kier alpha value is -2.42. The van der Waals surface area contributed by atoms with E-state index in [0.717, 1.165) is 23.7 Å². The van der Waals surface area contributed by atoms with Gasteiger partial charge in [-0.15, -0.1) is 0 Å². The van der Waals surface area contributed by atoms with Crippen LogP contribution in [0.1, 0.15) is 27.2 Å². The molecule has 120 valence electrons. The summed E-state index contributed by atoms with van der Waals surface area (Å²) in [5, 5.41) is 3.24. The van der Waals surface area contributed by atoms with Crippen LogP contribution >= 0.6 is 0 Å². The molecule has 0 aromatic rings. The second kappa shape index (κ2) is 8.28. The van der Waals surface area contributed by atoms with Crippen LogP contribution in [0.2, 0.25) is 0 Å². The Morgan fingerprint density at radius 3 is 2.91 bits per heavy atom. The van der Waals surface area contributed by atoms with Crippen LogP contribution in [0.15, 0.2) is 76.5 Å². The molecule has 1 aliphatic heterocycles. The van der Waals surface area contributed by atoms with E-state index in [1.165, 1.54) is 5.57 Å². The van der Waals surface area contributed by atoms with Crippen molar-refractivity contribution in [1.29, 1.82) is 0 Å². The quantitative estimate of drug-likeness (QED) is 0.779. The molecule has 1 heterocycles. The van der Waals surface area contributed by atoms with Gasteiger partial charge in [-0.1, -0.05) is 48.1 Å². The van der Waals surface area contributed by atoms with E-state index >= 15 is 0 Å². The van der Waals surface area contributed by atoms with Gasteiger partial charge in [0.2, 0.25) is 0 Å². The zero-order chi connectivity index (χ0) is 16.7. The van der Waals surface area contributed by atoms with Crippen LogP contribution in [0.4, 0.5) is 0 Å². The van der Waals surface area contributed by atoms with E-state index in [1.54, 1.807) is 0 Å². The monoisotopic (exact) mass is 308 g/mol. The number of amidine groups is 1. The number of ketones is 1. The van der Waals surface area contributed by atoms with Gasteiger partial charge in [-0.3, -0.25) is 4.79 Å². The van der Waals surface area contributed by atoms with Crippen LogP contribution in [-0.2, 0) is 4.79 Å². The third-order valence-electron chi connectivity index (χ3n) is 3.61. The lowest BCUT2D eigenvalue weighted by atomic mass is 10.0. The average Bonchev–Trinajstić information content (AvgIpc) is 2.72. The summed E-state index contributed by atoms with van der Waals surface area (Å²) in [6.07, 6.45) is 18.0. The Morgan fingerprint density at radius 2 is 2.13 bits per heavy atom. The molecule has 1 N–H and O–H groups in total. The Morgan fingerprint density at radius 1 is 1.30 bits per heavy atom. The zero-order valence-corrected chi connectivity index (χ0v) is 14.0. The molecule has 0 fully saturated rings. The number of hydrogen-bond donors (Lipinski definition) is 1. The maximum Gasteiger partial charge on any atom is 0.166 e. The van der Waals surface area contributed by atoms with Crippen molar-refractivity contribution >= 4 is 11.6 Å². The maximum absolute atomic E-state index is 12.3. The molecular formula is C20H24N2O. The maximum atomic E-state index is 12.3. The molecule has 1 aliphatic carbocycles. The summed E-state index contributed by atoms with van der Waals surface area (Å²) in [7, 11) is 0. The number of fused-ring (bicyclic) bond motifs is 1. The molecule has 1 atom stereocenters. The highest BCUT2D eigenvalue weighted by Gasteiger charge is 2.18. The molecule has 0 spiro atoms. The molecule has 23 heavy (non-hydrogen) atoms. The first-order chi connectivity index (χ1) is 11.1. The van der Waals surface area contributed by atoms with Gasteiger partial charge in [0.1, 0.15) is 0 Å². The Balaban J connectivity index is 1.97. The smallest absolute Gasteiger partial charge is 0.166 e. The molecule has 3 heteroatoms. The number of carbonyl (C=O) groups is 1. The molecule has 0 aromatic heterocycles. The minimum Gasteiger partial charge on any atom is -0.373 e. The van der Waals surface area contributed by atoms with Crippen LogP contribution in [-0.4, -0.2) is 18.2 Å². The molecule has 2 rings (SSSR count).